The van der Waals surface area contributed by atoms with Crippen molar-refractivity contribution in [3.8, 4) is 0 Å². The van der Waals surface area contributed by atoms with Crippen LogP contribution in [0, 0.1) is 6.92 Å². The number of anilines is 1. The number of carbonyl (C=O) groups excluding carboxylic acids is 2. The number of rotatable bonds is 6. The molecule has 0 bridgehead atoms. The molecule has 2 N–H and O–H groups in total. The van der Waals surface area contributed by atoms with Crippen LogP contribution in [0.3, 0.4) is 0 Å². The van der Waals surface area contributed by atoms with Crippen LogP contribution < -0.4 is 15.5 Å². The fourth-order valence-corrected chi connectivity index (χ4v) is 4.43. The molecule has 0 aromatic heterocycles. The maximum absolute atomic E-state index is 12.8. The molecule has 2 aromatic rings. The van der Waals surface area contributed by atoms with Crippen LogP contribution in [0.1, 0.15) is 29.7 Å². The van der Waals surface area contributed by atoms with Gasteiger partial charge in [-0.25, -0.2) is 9.59 Å². The molecule has 1 fully saturated rings. The van der Waals surface area contributed by atoms with Gasteiger partial charge in [0.05, 0.1) is 18.7 Å². The number of carbonyl (C=O) groups is 2. The first-order valence-corrected chi connectivity index (χ1v) is 11.5. The molecule has 2 heterocycles. The van der Waals surface area contributed by atoms with E-state index in [0.717, 1.165) is 38.2 Å². The van der Waals surface area contributed by atoms with Gasteiger partial charge in [0.1, 0.15) is 0 Å². The van der Waals surface area contributed by atoms with Crippen LogP contribution in [-0.2, 0) is 16.0 Å². The zero-order valence-corrected chi connectivity index (χ0v) is 19.6. The number of methoxy groups -OCH3 is 1. The Bertz CT molecular complexity index is 1020. The van der Waals surface area contributed by atoms with Gasteiger partial charge < -0.3 is 20.3 Å². The van der Waals surface area contributed by atoms with Gasteiger partial charge in [-0.15, -0.1) is 0 Å². The Labute approximate surface area is 195 Å². The Kier molecular flexibility index (Phi) is 6.99. The van der Waals surface area contributed by atoms with Crippen LogP contribution in [0.5, 0.6) is 0 Å². The van der Waals surface area contributed by atoms with E-state index in [4.69, 9.17) is 4.74 Å². The molecule has 0 radical (unpaired) electrons. The number of hydrogen-bond acceptors (Lipinski definition) is 5. The number of benzene rings is 2. The molecule has 0 aliphatic carbocycles. The lowest BCUT2D eigenvalue weighted by Gasteiger charge is -2.38. The van der Waals surface area contributed by atoms with Crippen molar-refractivity contribution >= 4 is 17.7 Å². The van der Waals surface area contributed by atoms with Crippen molar-refractivity contribution in [2.45, 2.75) is 26.3 Å². The lowest BCUT2D eigenvalue weighted by atomic mass is 9.94. The highest BCUT2D eigenvalue weighted by Crippen LogP contribution is 2.29. The van der Waals surface area contributed by atoms with E-state index >= 15 is 0 Å². The Balaban J connectivity index is 1.53. The highest BCUT2D eigenvalue weighted by atomic mass is 16.5. The molecule has 2 aliphatic heterocycles. The second-order valence-electron chi connectivity index (χ2n) is 8.61. The van der Waals surface area contributed by atoms with Crippen molar-refractivity contribution < 1.29 is 14.3 Å². The Hall–Kier alpha value is -3.32. The molecular formula is C26H32N4O3. The van der Waals surface area contributed by atoms with Crippen molar-refractivity contribution in [2.75, 3.05) is 44.7 Å². The van der Waals surface area contributed by atoms with Gasteiger partial charge in [0, 0.05) is 44.1 Å². The third-order valence-corrected chi connectivity index (χ3v) is 6.43. The van der Waals surface area contributed by atoms with E-state index in [1.807, 2.05) is 24.3 Å². The standard InChI is InChI=1S/C26H32N4O3/c1-4-19-7-9-20(10-8-19)24-23(25(31)33-3)22(27-26(32)28-24)17-29-13-15-30(16-14-29)21-11-5-18(2)6-12-21/h5-12,24H,4,13-17H2,1-3H3,(H2,27,28,32)/t24-/m0/s1. The summed E-state index contributed by atoms with van der Waals surface area (Å²) in [4.78, 5) is 29.9. The second kappa shape index (κ2) is 10.1. The fraction of sp³-hybridized carbons (Fsp3) is 0.385. The second-order valence-corrected chi connectivity index (χ2v) is 8.61. The van der Waals surface area contributed by atoms with Crippen molar-refractivity contribution in [2.24, 2.45) is 0 Å². The normalized spacial score (nSPS) is 19.2. The average molecular weight is 449 g/mol. The van der Waals surface area contributed by atoms with Gasteiger partial charge >= 0.3 is 12.0 Å². The zero-order valence-electron chi connectivity index (χ0n) is 19.6. The summed E-state index contributed by atoms with van der Waals surface area (Å²) >= 11 is 0. The smallest absolute Gasteiger partial charge is 0.338 e. The number of urea groups is 1. The number of nitrogens with zero attached hydrogens (tertiary/aromatic N) is 2. The molecule has 1 atom stereocenters. The van der Waals surface area contributed by atoms with Gasteiger partial charge in [-0.05, 0) is 36.6 Å². The molecular weight excluding hydrogens is 416 g/mol. The Morgan fingerprint density at radius 1 is 1.03 bits per heavy atom. The number of esters is 1. The van der Waals surface area contributed by atoms with Crippen molar-refractivity contribution in [3.05, 3.63) is 76.5 Å². The lowest BCUT2D eigenvalue weighted by molar-refractivity contribution is -0.136. The quantitative estimate of drug-likeness (QED) is 0.664. The van der Waals surface area contributed by atoms with E-state index < -0.39 is 12.0 Å². The topological polar surface area (TPSA) is 73.9 Å². The fourth-order valence-electron chi connectivity index (χ4n) is 4.43. The molecule has 7 heteroatoms. The van der Waals surface area contributed by atoms with Gasteiger partial charge in [0.2, 0.25) is 0 Å². The summed E-state index contributed by atoms with van der Waals surface area (Å²) in [6.45, 7) is 8.12. The molecule has 2 amide bonds. The Morgan fingerprint density at radius 2 is 1.70 bits per heavy atom. The van der Waals surface area contributed by atoms with Crippen LogP contribution >= 0.6 is 0 Å². The number of hydrogen-bond donors (Lipinski definition) is 2. The van der Waals surface area contributed by atoms with E-state index in [1.165, 1.54) is 23.9 Å². The van der Waals surface area contributed by atoms with E-state index in [9.17, 15) is 9.59 Å². The predicted octanol–water partition coefficient (Wildman–Crippen LogP) is 3.16. The van der Waals surface area contributed by atoms with Gasteiger partial charge in [0.25, 0.3) is 0 Å². The number of ether oxygens (including phenoxy) is 1. The van der Waals surface area contributed by atoms with E-state index in [1.54, 1.807) is 0 Å². The Morgan fingerprint density at radius 3 is 2.30 bits per heavy atom. The number of amides is 2. The first-order valence-electron chi connectivity index (χ1n) is 11.5. The first-order chi connectivity index (χ1) is 16.0. The highest BCUT2D eigenvalue weighted by Gasteiger charge is 2.34. The van der Waals surface area contributed by atoms with Crippen LogP contribution in [0.15, 0.2) is 59.8 Å². The molecule has 7 nitrogen and oxygen atoms in total. The summed E-state index contributed by atoms with van der Waals surface area (Å²) < 4.78 is 5.11. The minimum absolute atomic E-state index is 0.305. The lowest BCUT2D eigenvalue weighted by Crippen LogP contribution is -2.51. The number of piperazine rings is 1. The average Bonchev–Trinajstić information content (AvgIpc) is 2.84. The largest absolute Gasteiger partial charge is 0.466 e. The highest BCUT2D eigenvalue weighted by molar-refractivity contribution is 5.95. The molecule has 4 rings (SSSR count). The molecule has 2 aliphatic rings. The summed E-state index contributed by atoms with van der Waals surface area (Å²) in [6.07, 6.45) is 0.929. The third-order valence-electron chi connectivity index (χ3n) is 6.43. The number of aryl methyl sites for hydroxylation is 2. The van der Waals surface area contributed by atoms with Gasteiger partial charge in [0.15, 0.2) is 0 Å². The van der Waals surface area contributed by atoms with E-state index in [2.05, 4.69) is 58.5 Å². The SMILES string of the molecule is CCc1ccc([C@@H]2NC(=O)NC(CN3CCN(c4ccc(C)cc4)CC3)=C2C(=O)OC)cc1. The molecule has 0 spiro atoms. The molecule has 0 saturated carbocycles. The first kappa shape index (κ1) is 22.9. The summed E-state index contributed by atoms with van der Waals surface area (Å²) in [7, 11) is 1.38. The van der Waals surface area contributed by atoms with Gasteiger partial charge in [-0.2, -0.15) is 0 Å². The van der Waals surface area contributed by atoms with Crippen molar-refractivity contribution in [1.29, 1.82) is 0 Å². The minimum Gasteiger partial charge on any atom is -0.466 e. The molecule has 1 saturated heterocycles. The zero-order chi connectivity index (χ0) is 23.4. The van der Waals surface area contributed by atoms with E-state index in [0.29, 0.717) is 17.8 Å². The maximum Gasteiger partial charge on any atom is 0.338 e. The maximum atomic E-state index is 12.8. The minimum atomic E-state index is -0.541. The summed E-state index contributed by atoms with van der Waals surface area (Å²) in [5.41, 5.74) is 5.61. The van der Waals surface area contributed by atoms with Crippen molar-refractivity contribution in [1.82, 2.24) is 15.5 Å². The van der Waals surface area contributed by atoms with Crippen molar-refractivity contribution in [3.63, 3.8) is 0 Å². The van der Waals surface area contributed by atoms with Crippen LogP contribution in [0.2, 0.25) is 0 Å². The molecule has 174 valence electrons. The molecule has 0 unspecified atom stereocenters. The summed E-state index contributed by atoms with van der Waals surface area (Å²) in [5, 5.41) is 5.77. The summed E-state index contributed by atoms with van der Waals surface area (Å²) in [6, 6.07) is 15.7. The predicted molar refractivity (Wildman–Crippen MR) is 129 cm³/mol. The summed E-state index contributed by atoms with van der Waals surface area (Å²) in [5.74, 6) is -0.430. The van der Waals surface area contributed by atoms with Crippen LogP contribution in [0.4, 0.5) is 10.5 Å². The van der Waals surface area contributed by atoms with E-state index in [-0.39, 0.29) is 6.03 Å². The molecule has 2 aromatic carbocycles. The van der Waals surface area contributed by atoms with Gasteiger partial charge in [-0.1, -0.05) is 48.9 Å². The van der Waals surface area contributed by atoms with Crippen LogP contribution in [-0.4, -0.2) is 56.7 Å². The number of nitrogens with one attached hydrogen (secondary N) is 2. The van der Waals surface area contributed by atoms with Crippen LogP contribution in [0.25, 0.3) is 0 Å². The monoisotopic (exact) mass is 448 g/mol. The third kappa shape index (κ3) is 5.20. The molecule has 33 heavy (non-hydrogen) atoms. The van der Waals surface area contributed by atoms with Gasteiger partial charge in [-0.3, -0.25) is 4.90 Å².